The van der Waals surface area contributed by atoms with Gasteiger partial charge in [-0.2, -0.15) is 0 Å². The number of ether oxygens (including phenoxy) is 9. The molecule has 5 aromatic rings. The van der Waals surface area contributed by atoms with Crippen LogP contribution in [-0.2, 0) is 75.7 Å². The van der Waals surface area contributed by atoms with Gasteiger partial charge in [-0.3, -0.25) is 0 Å². The Balaban J connectivity index is 1.22. The largest absolute Gasteiger partial charge is 0.394 e. The van der Waals surface area contributed by atoms with E-state index in [1.54, 1.807) is 7.11 Å². The average molecular weight is 791 g/mol. The van der Waals surface area contributed by atoms with Crippen molar-refractivity contribution in [1.29, 1.82) is 0 Å². The first-order chi connectivity index (χ1) is 28.6. The molecular formula is C48H54O10. The minimum atomic E-state index is -1.00. The van der Waals surface area contributed by atoms with E-state index < -0.39 is 61.4 Å². The molecule has 10 nitrogen and oxygen atoms in total. The van der Waals surface area contributed by atoms with Crippen LogP contribution in [0.3, 0.4) is 0 Å². The Labute approximate surface area is 341 Å². The van der Waals surface area contributed by atoms with Crippen LogP contribution in [-0.4, -0.2) is 80.2 Å². The summed E-state index contributed by atoms with van der Waals surface area (Å²) in [5.74, 6) is 0. The third kappa shape index (κ3) is 11.2. The van der Waals surface area contributed by atoms with Gasteiger partial charge in [0.15, 0.2) is 12.6 Å². The molecule has 2 aliphatic heterocycles. The lowest BCUT2D eigenvalue weighted by Crippen LogP contribution is -2.65. The van der Waals surface area contributed by atoms with Crippen LogP contribution in [0.15, 0.2) is 152 Å². The van der Waals surface area contributed by atoms with E-state index in [0.717, 1.165) is 27.8 Å². The van der Waals surface area contributed by atoms with E-state index in [2.05, 4.69) is 0 Å². The summed E-state index contributed by atoms with van der Waals surface area (Å²) < 4.78 is 59.7. The predicted molar refractivity (Wildman–Crippen MR) is 217 cm³/mol. The van der Waals surface area contributed by atoms with Gasteiger partial charge in [-0.15, -0.1) is 0 Å². The third-order valence-electron chi connectivity index (χ3n) is 10.4. The standard InChI is InChI=1S/C48H54O10/c1-34-41(51-29-35-18-8-3-9-19-35)43(52-30-36-20-10-4-11-21-36)46(55-33-39-26-16-7-17-27-39)48(56-34)58-42-40(28-49)57-47(50-2)45(54-32-38-24-14-6-15-25-38)44(42)53-31-37-22-12-5-13-23-37/h3-27,34,40-49H,28-33H2,1-2H3/t34-,40+,41+,42-,43+,44-,45+,46-,47-,48+/m0/s1. The Bertz CT molecular complexity index is 1870. The van der Waals surface area contributed by atoms with Crippen molar-refractivity contribution in [2.45, 2.75) is 101 Å². The van der Waals surface area contributed by atoms with Crippen molar-refractivity contribution in [2.75, 3.05) is 13.7 Å². The van der Waals surface area contributed by atoms with Crippen molar-refractivity contribution >= 4 is 0 Å². The topological polar surface area (TPSA) is 103 Å². The van der Waals surface area contributed by atoms with Crippen LogP contribution in [0.25, 0.3) is 0 Å². The predicted octanol–water partition coefficient (Wildman–Crippen LogP) is 7.41. The molecule has 306 valence electrons. The minimum absolute atomic E-state index is 0.249. The van der Waals surface area contributed by atoms with Crippen LogP contribution in [0.5, 0.6) is 0 Å². The number of benzene rings is 5. The van der Waals surface area contributed by atoms with Gasteiger partial charge < -0.3 is 47.7 Å². The fraction of sp³-hybridized carbons (Fsp3) is 0.375. The lowest BCUT2D eigenvalue weighted by Gasteiger charge is -2.49. The summed E-state index contributed by atoms with van der Waals surface area (Å²) >= 11 is 0. The van der Waals surface area contributed by atoms with Crippen LogP contribution in [0.1, 0.15) is 34.7 Å². The molecule has 0 spiro atoms. The summed E-state index contributed by atoms with van der Waals surface area (Å²) in [5, 5.41) is 10.9. The molecule has 0 amide bonds. The monoisotopic (exact) mass is 790 g/mol. The molecule has 10 heteroatoms. The molecule has 5 aromatic carbocycles. The maximum atomic E-state index is 10.9. The fourth-order valence-electron chi connectivity index (χ4n) is 7.41. The molecule has 0 saturated carbocycles. The average Bonchev–Trinajstić information content (AvgIpc) is 3.28. The summed E-state index contributed by atoms with van der Waals surface area (Å²) in [4.78, 5) is 0. The Morgan fingerprint density at radius 2 is 0.741 bits per heavy atom. The number of hydrogen-bond donors (Lipinski definition) is 1. The maximum absolute atomic E-state index is 10.9. The SMILES string of the molecule is CO[C@H]1O[C@H](CO)[C@H](O[C@H]2O[C@@H](C)[C@@H](OCc3ccccc3)[C@@H](OCc3ccccc3)[C@@H]2OCc2ccccc2)[C@H](OCc2ccccc2)[C@H]1OCc1ccccc1. The maximum Gasteiger partial charge on any atom is 0.187 e. The summed E-state index contributed by atoms with van der Waals surface area (Å²) in [6, 6.07) is 49.7. The zero-order chi connectivity index (χ0) is 39.9. The van der Waals surface area contributed by atoms with Crippen molar-refractivity contribution in [2.24, 2.45) is 0 Å². The van der Waals surface area contributed by atoms with E-state index in [9.17, 15) is 5.11 Å². The van der Waals surface area contributed by atoms with E-state index in [1.807, 2.05) is 159 Å². The van der Waals surface area contributed by atoms with Crippen LogP contribution < -0.4 is 0 Å². The number of methoxy groups -OCH3 is 1. The zero-order valence-corrected chi connectivity index (χ0v) is 33.1. The van der Waals surface area contributed by atoms with Gasteiger partial charge in [0.1, 0.15) is 42.7 Å². The second-order valence-corrected chi connectivity index (χ2v) is 14.6. The molecule has 2 heterocycles. The van der Waals surface area contributed by atoms with Crippen LogP contribution in [0.2, 0.25) is 0 Å². The molecule has 0 aromatic heterocycles. The zero-order valence-electron chi connectivity index (χ0n) is 33.1. The van der Waals surface area contributed by atoms with Gasteiger partial charge in [0.05, 0.1) is 45.7 Å². The summed E-state index contributed by atoms with van der Waals surface area (Å²) in [6.07, 6.45) is -7.62. The highest BCUT2D eigenvalue weighted by Gasteiger charge is 2.53. The molecule has 0 bridgehead atoms. The van der Waals surface area contributed by atoms with Gasteiger partial charge in [-0.25, -0.2) is 0 Å². The van der Waals surface area contributed by atoms with Gasteiger partial charge in [0, 0.05) is 7.11 Å². The molecule has 0 radical (unpaired) electrons. The lowest BCUT2D eigenvalue weighted by atomic mass is 9.96. The first-order valence-corrected chi connectivity index (χ1v) is 20.0. The molecule has 2 saturated heterocycles. The quantitative estimate of drug-likeness (QED) is 0.0911. The Morgan fingerprint density at radius 1 is 0.414 bits per heavy atom. The van der Waals surface area contributed by atoms with E-state index in [-0.39, 0.29) is 26.4 Å². The van der Waals surface area contributed by atoms with Gasteiger partial charge >= 0.3 is 0 Å². The molecular weight excluding hydrogens is 737 g/mol. The number of hydrogen-bond acceptors (Lipinski definition) is 10. The van der Waals surface area contributed by atoms with Crippen LogP contribution in [0.4, 0.5) is 0 Å². The van der Waals surface area contributed by atoms with Crippen LogP contribution >= 0.6 is 0 Å². The highest BCUT2D eigenvalue weighted by Crippen LogP contribution is 2.36. The second-order valence-electron chi connectivity index (χ2n) is 14.6. The van der Waals surface area contributed by atoms with E-state index in [1.165, 1.54) is 0 Å². The van der Waals surface area contributed by atoms with E-state index in [0.29, 0.717) is 13.2 Å². The molecule has 0 aliphatic carbocycles. The van der Waals surface area contributed by atoms with Gasteiger partial charge in [0.2, 0.25) is 0 Å². The number of aliphatic hydroxyl groups excluding tert-OH is 1. The minimum Gasteiger partial charge on any atom is -0.394 e. The summed E-state index contributed by atoms with van der Waals surface area (Å²) in [6.45, 7) is 3.00. The van der Waals surface area contributed by atoms with Crippen molar-refractivity contribution in [3.63, 3.8) is 0 Å². The Hall–Kier alpha value is -4.30. The molecule has 2 aliphatic rings. The molecule has 0 unspecified atom stereocenters. The smallest absolute Gasteiger partial charge is 0.187 e. The normalized spacial score (nSPS) is 27.3. The van der Waals surface area contributed by atoms with Crippen molar-refractivity contribution in [3.8, 4) is 0 Å². The fourth-order valence-corrected chi connectivity index (χ4v) is 7.41. The molecule has 7 rings (SSSR count). The Kier molecular flexibility index (Phi) is 15.6. The highest BCUT2D eigenvalue weighted by atomic mass is 16.8. The van der Waals surface area contributed by atoms with Gasteiger partial charge in [0.25, 0.3) is 0 Å². The second kappa shape index (κ2) is 21.6. The number of rotatable bonds is 19. The van der Waals surface area contributed by atoms with E-state index >= 15 is 0 Å². The first-order valence-electron chi connectivity index (χ1n) is 20.0. The molecule has 58 heavy (non-hydrogen) atoms. The van der Waals surface area contributed by atoms with E-state index in [4.69, 9.17) is 42.6 Å². The van der Waals surface area contributed by atoms with Crippen molar-refractivity contribution in [3.05, 3.63) is 179 Å². The molecule has 10 atom stereocenters. The molecule has 1 N–H and O–H groups in total. The summed E-state index contributed by atoms with van der Waals surface area (Å²) in [7, 11) is 1.55. The summed E-state index contributed by atoms with van der Waals surface area (Å²) in [5.41, 5.74) is 4.93. The lowest BCUT2D eigenvalue weighted by molar-refractivity contribution is -0.372. The van der Waals surface area contributed by atoms with Crippen molar-refractivity contribution < 1.29 is 47.7 Å². The first kappa shape index (κ1) is 41.8. The third-order valence-corrected chi connectivity index (χ3v) is 10.4. The highest BCUT2D eigenvalue weighted by molar-refractivity contribution is 5.17. The number of aliphatic hydroxyl groups is 1. The van der Waals surface area contributed by atoms with Crippen LogP contribution in [0, 0.1) is 0 Å². The van der Waals surface area contributed by atoms with Crippen molar-refractivity contribution in [1.82, 2.24) is 0 Å². The van der Waals surface area contributed by atoms with Gasteiger partial charge in [-0.1, -0.05) is 152 Å². The molecule has 2 fully saturated rings. The Morgan fingerprint density at radius 3 is 1.10 bits per heavy atom. The van der Waals surface area contributed by atoms with Gasteiger partial charge in [-0.05, 0) is 34.7 Å².